The number of halogens is 2. The highest BCUT2D eigenvalue weighted by atomic mass is 35.5. The fourth-order valence-electron chi connectivity index (χ4n) is 1.81. The summed E-state index contributed by atoms with van der Waals surface area (Å²) in [4.78, 5) is 4.39. The standard InChI is InChI=1S/C13H13ClFNS/c1-9-16-11(8-17-9)6-10(7-14)12-4-2-3-5-13(12)15/h2-5,8,10H,6-7H2,1H3. The quantitative estimate of drug-likeness (QED) is 0.760. The zero-order valence-electron chi connectivity index (χ0n) is 9.49. The molecule has 0 bridgehead atoms. The van der Waals surface area contributed by atoms with Crippen LogP contribution < -0.4 is 0 Å². The first kappa shape index (κ1) is 12.5. The van der Waals surface area contributed by atoms with Gasteiger partial charge in [0.05, 0.1) is 10.7 Å². The lowest BCUT2D eigenvalue weighted by Gasteiger charge is -2.13. The molecule has 1 aromatic carbocycles. The van der Waals surface area contributed by atoms with Crippen molar-refractivity contribution >= 4 is 22.9 Å². The number of aromatic nitrogens is 1. The summed E-state index contributed by atoms with van der Waals surface area (Å²) in [5.74, 6) is 0.196. The van der Waals surface area contributed by atoms with Crippen molar-refractivity contribution in [2.24, 2.45) is 0 Å². The number of aryl methyl sites for hydroxylation is 1. The van der Waals surface area contributed by atoms with Gasteiger partial charge in [-0.15, -0.1) is 22.9 Å². The smallest absolute Gasteiger partial charge is 0.126 e. The SMILES string of the molecule is Cc1nc(CC(CCl)c2ccccc2F)cs1. The Morgan fingerprint density at radius 1 is 1.41 bits per heavy atom. The molecule has 1 atom stereocenters. The van der Waals surface area contributed by atoms with Crippen LogP contribution in [0.5, 0.6) is 0 Å². The Morgan fingerprint density at radius 3 is 2.76 bits per heavy atom. The van der Waals surface area contributed by atoms with Crippen LogP contribution in [0.4, 0.5) is 4.39 Å². The predicted octanol–water partition coefficient (Wildman–Crippen LogP) is 4.16. The molecule has 0 radical (unpaired) electrons. The van der Waals surface area contributed by atoms with Gasteiger partial charge in [0, 0.05) is 17.2 Å². The highest BCUT2D eigenvalue weighted by Crippen LogP contribution is 2.25. The van der Waals surface area contributed by atoms with Gasteiger partial charge < -0.3 is 0 Å². The minimum Gasteiger partial charge on any atom is -0.247 e. The normalized spacial score (nSPS) is 12.6. The third kappa shape index (κ3) is 3.05. The van der Waals surface area contributed by atoms with Gasteiger partial charge in [-0.05, 0) is 25.0 Å². The zero-order chi connectivity index (χ0) is 12.3. The number of benzene rings is 1. The summed E-state index contributed by atoms with van der Waals surface area (Å²) >= 11 is 7.55. The molecule has 90 valence electrons. The summed E-state index contributed by atoms with van der Waals surface area (Å²) in [6, 6.07) is 6.80. The molecule has 0 aliphatic carbocycles. The summed E-state index contributed by atoms with van der Waals surface area (Å²) in [7, 11) is 0. The summed E-state index contributed by atoms with van der Waals surface area (Å²) in [6.45, 7) is 1.97. The maximum absolute atomic E-state index is 13.7. The summed E-state index contributed by atoms with van der Waals surface area (Å²) < 4.78 is 13.7. The molecule has 1 aromatic heterocycles. The lowest BCUT2D eigenvalue weighted by molar-refractivity contribution is 0.587. The van der Waals surface area contributed by atoms with Crippen molar-refractivity contribution in [2.45, 2.75) is 19.3 Å². The fourth-order valence-corrected chi connectivity index (χ4v) is 2.71. The number of rotatable bonds is 4. The maximum Gasteiger partial charge on any atom is 0.126 e. The predicted molar refractivity (Wildman–Crippen MR) is 70.4 cm³/mol. The molecule has 0 saturated carbocycles. The number of nitrogens with zero attached hydrogens (tertiary/aromatic N) is 1. The van der Waals surface area contributed by atoms with Gasteiger partial charge in [-0.3, -0.25) is 0 Å². The highest BCUT2D eigenvalue weighted by molar-refractivity contribution is 7.09. The van der Waals surface area contributed by atoms with E-state index in [9.17, 15) is 4.39 Å². The molecule has 0 fully saturated rings. The Morgan fingerprint density at radius 2 is 2.18 bits per heavy atom. The first-order valence-electron chi connectivity index (χ1n) is 5.42. The first-order chi connectivity index (χ1) is 8.20. The molecule has 4 heteroatoms. The Kier molecular flexibility index (Phi) is 4.13. The zero-order valence-corrected chi connectivity index (χ0v) is 11.1. The van der Waals surface area contributed by atoms with Crippen molar-refractivity contribution in [3.8, 4) is 0 Å². The van der Waals surface area contributed by atoms with E-state index >= 15 is 0 Å². The van der Waals surface area contributed by atoms with E-state index in [1.165, 1.54) is 6.07 Å². The van der Waals surface area contributed by atoms with E-state index in [1.807, 2.05) is 18.4 Å². The number of hydrogen-bond acceptors (Lipinski definition) is 2. The van der Waals surface area contributed by atoms with Crippen LogP contribution in [0.15, 0.2) is 29.6 Å². The molecule has 2 rings (SSSR count). The molecule has 2 aromatic rings. The first-order valence-corrected chi connectivity index (χ1v) is 6.83. The van der Waals surface area contributed by atoms with E-state index in [1.54, 1.807) is 23.5 Å². The van der Waals surface area contributed by atoms with Crippen molar-refractivity contribution in [1.29, 1.82) is 0 Å². The molecule has 0 N–H and O–H groups in total. The van der Waals surface area contributed by atoms with Gasteiger partial charge in [-0.1, -0.05) is 18.2 Å². The van der Waals surface area contributed by atoms with Crippen molar-refractivity contribution in [3.63, 3.8) is 0 Å². The maximum atomic E-state index is 13.7. The molecule has 17 heavy (non-hydrogen) atoms. The third-order valence-corrected chi connectivity index (χ3v) is 3.85. The van der Waals surface area contributed by atoms with Crippen molar-refractivity contribution in [1.82, 2.24) is 4.98 Å². The van der Waals surface area contributed by atoms with Crippen LogP contribution >= 0.6 is 22.9 Å². The lowest BCUT2D eigenvalue weighted by Crippen LogP contribution is -2.07. The molecular formula is C13H13ClFNS. The van der Waals surface area contributed by atoms with Crippen molar-refractivity contribution in [2.75, 3.05) is 5.88 Å². The van der Waals surface area contributed by atoms with E-state index in [2.05, 4.69) is 4.98 Å². The minimum absolute atomic E-state index is 0.0145. The minimum atomic E-state index is -0.190. The van der Waals surface area contributed by atoms with Crippen molar-refractivity contribution in [3.05, 3.63) is 51.7 Å². The average molecular weight is 270 g/mol. The molecular weight excluding hydrogens is 257 g/mol. The molecule has 1 heterocycles. The Balaban J connectivity index is 2.20. The van der Waals surface area contributed by atoms with Gasteiger partial charge in [0.2, 0.25) is 0 Å². The van der Waals surface area contributed by atoms with Crippen LogP contribution in [0.25, 0.3) is 0 Å². The molecule has 0 amide bonds. The summed E-state index contributed by atoms with van der Waals surface area (Å²) in [5.41, 5.74) is 1.66. The fraction of sp³-hybridized carbons (Fsp3) is 0.308. The van der Waals surface area contributed by atoms with E-state index in [0.29, 0.717) is 17.9 Å². The molecule has 0 aliphatic rings. The number of hydrogen-bond donors (Lipinski definition) is 0. The van der Waals surface area contributed by atoms with E-state index in [-0.39, 0.29) is 11.7 Å². The van der Waals surface area contributed by atoms with Gasteiger partial charge in [-0.2, -0.15) is 0 Å². The highest BCUT2D eigenvalue weighted by Gasteiger charge is 2.16. The monoisotopic (exact) mass is 269 g/mol. The van der Waals surface area contributed by atoms with Gasteiger partial charge in [0.15, 0.2) is 0 Å². The van der Waals surface area contributed by atoms with Gasteiger partial charge in [-0.25, -0.2) is 9.37 Å². The van der Waals surface area contributed by atoms with Crippen LogP contribution in [0.2, 0.25) is 0 Å². The van der Waals surface area contributed by atoms with Crippen LogP contribution in [0, 0.1) is 12.7 Å². The second-order valence-corrected chi connectivity index (χ2v) is 5.31. The van der Waals surface area contributed by atoms with E-state index in [4.69, 9.17) is 11.6 Å². The largest absolute Gasteiger partial charge is 0.247 e. The summed E-state index contributed by atoms with van der Waals surface area (Å²) in [6.07, 6.45) is 0.689. The molecule has 0 aliphatic heterocycles. The second kappa shape index (κ2) is 5.61. The molecule has 0 spiro atoms. The average Bonchev–Trinajstić information content (AvgIpc) is 2.73. The van der Waals surface area contributed by atoms with Crippen LogP contribution in [0.1, 0.15) is 22.2 Å². The topological polar surface area (TPSA) is 12.9 Å². The van der Waals surface area contributed by atoms with Crippen LogP contribution in [-0.2, 0) is 6.42 Å². The van der Waals surface area contributed by atoms with Gasteiger partial charge in [0.1, 0.15) is 5.82 Å². The van der Waals surface area contributed by atoms with E-state index in [0.717, 1.165) is 10.7 Å². The van der Waals surface area contributed by atoms with Crippen molar-refractivity contribution < 1.29 is 4.39 Å². The molecule has 1 unspecified atom stereocenters. The van der Waals surface area contributed by atoms with Crippen LogP contribution in [-0.4, -0.2) is 10.9 Å². The van der Waals surface area contributed by atoms with Crippen LogP contribution in [0.3, 0.4) is 0 Å². The summed E-state index contributed by atoms with van der Waals surface area (Å²) in [5, 5.41) is 3.04. The number of thiazole rings is 1. The van der Waals surface area contributed by atoms with E-state index < -0.39 is 0 Å². The molecule has 1 nitrogen and oxygen atoms in total. The Labute approximate surface area is 109 Å². The molecule has 0 saturated heterocycles. The van der Waals surface area contributed by atoms with Gasteiger partial charge >= 0.3 is 0 Å². The second-order valence-electron chi connectivity index (χ2n) is 3.93. The third-order valence-electron chi connectivity index (χ3n) is 2.65. The Bertz CT molecular complexity index is 498. The lowest BCUT2D eigenvalue weighted by atomic mass is 9.96. The number of alkyl halides is 1. The Hall–Kier alpha value is -0.930. The van der Waals surface area contributed by atoms with Gasteiger partial charge in [0.25, 0.3) is 0 Å².